The molecule has 0 aromatic rings. The summed E-state index contributed by atoms with van der Waals surface area (Å²) in [7, 11) is 0. The van der Waals surface area contributed by atoms with Gasteiger partial charge < -0.3 is 5.32 Å². The van der Waals surface area contributed by atoms with Crippen molar-refractivity contribution >= 4 is 5.71 Å². The lowest BCUT2D eigenvalue weighted by atomic mass is 10.2. The van der Waals surface area contributed by atoms with Gasteiger partial charge >= 0.3 is 0 Å². The number of aliphatic imine (C=N–C) groups is 1. The molecule has 1 heterocycles. The molecule has 1 N–H and O–H groups in total. The Morgan fingerprint density at radius 1 is 1.56 bits per heavy atom. The SMILES string of the molecule is C1=CC2=NCNC=C2C1. The van der Waals surface area contributed by atoms with Crippen LogP contribution in [-0.2, 0) is 0 Å². The van der Waals surface area contributed by atoms with E-state index in [0.717, 1.165) is 18.8 Å². The summed E-state index contributed by atoms with van der Waals surface area (Å²) in [6.45, 7) is 0.739. The molecule has 0 unspecified atom stereocenters. The van der Waals surface area contributed by atoms with Gasteiger partial charge in [-0.25, -0.2) is 0 Å². The van der Waals surface area contributed by atoms with Crippen molar-refractivity contribution in [2.24, 2.45) is 4.99 Å². The van der Waals surface area contributed by atoms with Gasteiger partial charge in [0.2, 0.25) is 0 Å². The van der Waals surface area contributed by atoms with E-state index in [-0.39, 0.29) is 0 Å². The third-order valence-electron chi connectivity index (χ3n) is 1.56. The molecule has 0 radical (unpaired) electrons. The fraction of sp³-hybridized carbons (Fsp3) is 0.286. The maximum atomic E-state index is 4.24. The van der Waals surface area contributed by atoms with Gasteiger partial charge in [0.1, 0.15) is 6.67 Å². The minimum atomic E-state index is 0.739. The predicted octanol–water partition coefficient (Wildman–Crippen LogP) is 0.832. The van der Waals surface area contributed by atoms with Crippen molar-refractivity contribution in [3.63, 3.8) is 0 Å². The van der Waals surface area contributed by atoms with Gasteiger partial charge in [-0.05, 0) is 18.1 Å². The summed E-state index contributed by atoms with van der Waals surface area (Å²) in [5, 5.41) is 3.07. The first-order chi connectivity index (χ1) is 4.47. The number of nitrogens with one attached hydrogen (secondary N) is 1. The van der Waals surface area contributed by atoms with Crippen LogP contribution < -0.4 is 5.32 Å². The van der Waals surface area contributed by atoms with Gasteiger partial charge in [0.05, 0.1) is 5.71 Å². The third-order valence-corrected chi connectivity index (χ3v) is 1.56. The molecule has 0 saturated heterocycles. The van der Waals surface area contributed by atoms with Crippen LogP contribution in [0.25, 0.3) is 0 Å². The number of allylic oxidation sites excluding steroid dienone is 3. The standard InChI is InChI=1S/C7H8N2/c1-2-6-4-8-5-9-7(6)3-1/h1,3-4,8H,2,5H2. The Bertz CT molecular complexity index is 211. The number of hydrogen-bond acceptors (Lipinski definition) is 2. The number of hydrogen-bond donors (Lipinski definition) is 1. The van der Waals surface area contributed by atoms with E-state index < -0.39 is 0 Å². The Morgan fingerprint density at radius 2 is 2.56 bits per heavy atom. The van der Waals surface area contributed by atoms with Crippen LogP contribution in [-0.4, -0.2) is 12.4 Å². The molecule has 0 bridgehead atoms. The maximum Gasteiger partial charge on any atom is 0.108 e. The third kappa shape index (κ3) is 0.669. The largest absolute Gasteiger partial charge is 0.372 e. The van der Waals surface area contributed by atoms with Gasteiger partial charge in [-0.15, -0.1) is 0 Å². The first-order valence-corrected chi connectivity index (χ1v) is 3.10. The van der Waals surface area contributed by atoms with E-state index in [2.05, 4.69) is 22.5 Å². The highest BCUT2D eigenvalue weighted by Crippen LogP contribution is 2.14. The Morgan fingerprint density at radius 3 is 3.44 bits per heavy atom. The molecule has 0 spiro atoms. The Balaban J connectivity index is 2.38. The smallest absolute Gasteiger partial charge is 0.108 e. The average Bonchev–Trinajstić information content (AvgIpc) is 2.33. The highest BCUT2D eigenvalue weighted by molar-refractivity contribution is 6.11. The van der Waals surface area contributed by atoms with Crippen molar-refractivity contribution < 1.29 is 0 Å². The summed E-state index contributed by atoms with van der Waals surface area (Å²) >= 11 is 0. The molecule has 2 rings (SSSR count). The van der Waals surface area contributed by atoms with Crippen LogP contribution in [0.5, 0.6) is 0 Å². The van der Waals surface area contributed by atoms with Crippen LogP contribution >= 0.6 is 0 Å². The first-order valence-electron chi connectivity index (χ1n) is 3.10. The summed E-state index contributed by atoms with van der Waals surface area (Å²) < 4.78 is 0. The zero-order valence-electron chi connectivity index (χ0n) is 5.09. The molecule has 1 aliphatic carbocycles. The second-order valence-corrected chi connectivity index (χ2v) is 2.18. The predicted molar refractivity (Wildman–Crippen MR) is 37.3 cm³/mol. The first kappa shape index (κ1) is 4.79. The molecule has 0 saturated carbocycles. The Hall–Kier alpha value is -1.05. The highest BCUT2D eigenvalue weighted by atomic mass is 15.0. The molecular weight excluding hydrogens is 112 g/mol. The molecule has 46 valence electrons. The topological polar surface area (TPSA) is 24.4 Å². The molecule has 9 heavy (non-hydrogen) atoms. The summed E-state index contributed by atoms with van der Waals surface area (Å²) in [6, 6.07) is 0. The van der Waals surface area contributed by atoms with Gasteiger partial charge in [0.15, 0.2) is 0 Å². The van der Waals surface area contributed by atoms with Crippen LogP contribution in [0.3, 0.4) is 0 Å². The lowest BCUT2D eigenvalue weighted by molar-refractivity contribution is 0.862. The van der Waals surface area contributed by atoms with Crippen LogP contribution in [0.15, 0.2) is 28.9 Å². The summed E-state index contributed by atoms with van der Waals surface area (Å²) in [5.74, 6) is 0. The average molecular weight is 120 g/mol. The lowest BCUT2D eigenvalue weighted by Gasteiger charge is -2.06. The monoisotopic (exact) mass is 120 g/mol. The second-order valence-electron chi connectivity index (χ2n) is 2.18. The summed E-state index contributed by atoms with van der Waals surface area (Å²) in [4.78, 5) is 4.24. The van der Waals surface area contributed by atoms with E-state index >= 15 is 0 Å². The molecule has 0 aromatic carbocycles. The van der Waals surface area contributed by atoms with E-state index in [9.17, 15) is 0 Å². The molecule has 0 fully saturated rings. The van der Waals surface area contributed by atoms with E-state index in [1.165, 1.54) is 5.57 Å². The second kappa shape index (κ2) is 1.72. The fourth-order valence-electron chi connectivity index (χ4n) is 1.10. The van der Waals surface area contributed by atoms with Crippen molar-refractivity contribution in [1.29, 1.82) is 0 Å². The van der Waals surface area contributed by atoms with Crippen LogP contribution in [0, 0.1) is 0 Å². The van der Waals surface area contributed by atoms with Gasteiger partial charge in [-0.2, -0.15) is 0 Å². The molecule has 2 nitrogen and oxygen atoms in total. The van der Waals surface area contributed by atoms with Crippen LogP contribution in [0.4, 0.5) is 0 Å². The molecule has 0 atom stereocenters. The van der Waals surface area contributed by atoms with Crippen molar-refractivity contribution in [2.45, 2.75) is 6.42 Å². The zero-order valence-corrected chi connectivity index (χ0v) is 5.09. The van der Waals surface area contributed by atoms with Crippen molar-refractivity contribution in [2.75, 3.05) is 6.67 Å². The van der Waals surface area contributed by atoms with Gasteiger partial charge in [-0.1, -0.05) is 6.08 Å². The van der Waals surface area contributed by atoms with Crippen molar-refractivity contribution in [3.8, 4) is 0 Å². The van der Waals surface area contributed by atoms with E-state index in [4.69, 9.17) is 0 Å². The van der Waals surface area contributed by atoms with E-state index in [0.29, 0.717) is 0 Å². The normalized spacial score (nSPS) is 22.2. The molecule has 0 amide bonds. The quantitative estimate of drug-likeness (QED) is 0.503. The van der Waals surface area contributed by atoms with Crippen molar-refractivity contribution in [3.05, 3.63) is 23.9 Å². The van der Waals surface area contributed by atoms with Gasteiger partial charge in [0.25, 0.3) is 0 Å². The molecule has 0 aromatic heterocycles. The van der Waals surface area contributed by atoms with Gasteiger partial charge in [0, 0.05) is 6.20 Å². The maximum absolute atomic E-state index is 4.24. The molecular formula is C7H8N2. The zero-order chi connectivity index (χ0) is 6.10. The van der Waals surface area contributed by atoms with Crippen LogP contribution in [0.1, 0.15) is 6.42 Å². The van der Waals surface area contributed by atoms with Crippen molar-refractivity contribution in [1.82, 2.24) is 5.32 Å². The Labute approximate surface area is 54.0 Å². The lowest BCUT2D eigenvalue weighted by Crippen LogP contribution is -2.14. The molecule has 2 heteroatoms. The highest BCUT2D eigenvalue weighted by Gasteiger charge is 2.09. The van der Waals surface area contributed by atoms with E-state index in [1.807, 2.05) is 6.20 Å². The fourth-order valence-corrected chi connectivity index (χ4v) is 1.10. The minimum Gasteiger partial charge on any atom is -0.372 e. The Kier molecular flexibility index (Phi) is 0.918. The summed E-state index contributed by atoms with van der Waals surface area (Å²) in [6.07, 6.45) is 7.30. The van der Waals surface area contributed by atoms with Crippen LogP contribution in [0.2, 0.25) is 0 Å². The number of nitrogens with zero attached hydrogens (tertiary/aromatic N) is 1. The molecule has 1 aliphatic heterocycles. The number of fused-ring (bicyclic) bond motifs is 1. The summed E-state index contributed by atoms with van der Waals surface area (Å²) in [5.41, 5.74) is 2.48. The number of rotatable bonds is 0. The van der Waals surface area contributed by atoms with Gasteiger partial charge in [-0.3, -0.25) is 4.99 Å². The minimum absolute atomic E-state index is 0.739. The molecule has 2 aliphatic rings. The van der Waals surface area contributed by atoms with E-state index in [1.54, 1.807) is 0 Å².